The predicted molar refractivity (Wildman–Crippen MR) is 122 cm³/mol. The van der Waals surface area contributed by atoms with Gasteiger partial charge in [-0.05, 0) is 24.6 Å². The lowest BCUT2D eigenvalue weighted by atomic mass is 10.1. The van der Waals surface area contributed by atoms with Gasteiger partial charge in [-0.15, -0.1) is 0 Å². The van der Waals surface area contributed by atoms with Crippen molar-refractivity contribution in [2.75, 3.05) is 5.43 Å². The van der Waals surface area contributed by atoms with Gasteiger partial charge in [0.2, 0.25) is 0 Å². The molecule has 0 saturated heterocycles. The fourth-order valence-corrected chi connectivity index (χ4v) is 3.01. The fourth-order valence-electron chi connectivity index (χ4n) is 3.01. The monoisotopic (exact) mass is 409 g/mol. The van der Waals surface area contributed by atoms with Crippen molar-refractivity contribution in [3.63, 3.8) is 0 Å². The molecule has 0 fully saturated rings. The van der Waals surface area contributed by atoms with Crippen LogP contribution in [0.1, 0.15) is 12.5 Å². The summed E-state index contributed by atoms with van der Waals surface area (Å²) in [5.74, 6) is 1.14. The van der Waals surface area contributed by atoms with Gasteiger partial charge in [0, 0.05) is 29.3 Å². The second-order valence-electron chi connectivity index (χ2n) is 6.81. The summed E-state index contributed by atoms with van der Waals surface area (Å²) in [5.41, 5.74) is 7.15. The van der Waals surface area contributed by atoms with Crippen LogP contribution < -0.4 is 5.43 Å². The Balaban J connectivity index is 1.67. The number of nitro groups is 1. The maximum absolute atomic E-state index is 10.8. The Morgan fingerprint density at radius 3 is 2.10 bits per heavy atom. The van der Waals surface area contributed by atoms with Crippen LogP contribution >= 0.6 is 0 Å². The maximum Gasteiger partial charge on any atom is 0.269 e. The maximum atomic E-state index is 10.8. The highest BCUT2D eigenvalue weighted by atomic mass is 16.6. The quantitative estimate of drug-likeness (QED) is 0.256. The van der Waals surface area contributed by atoms with Gasteiger partial charge in [0.05, 0.1) is 16.3 Å². The van der Waals surface area contributed by atoms with Crippen molar-refractivity contribution in [3.8, 4) is 22.6 Å². The summed E-state index contributed by atoms with van der Waals surface area (Å²) in [6.45, 7) is 1.82. The minimum atomic E-state index is -0.425. The zero-order chi connectivity index (χ0) is 21.6. The number of non-ortho nitro benzene ring substituents is 1. The molecule has 0 spiro atoms. The van der Waals surface area contributed by atoms with Crippen LogP contribution in [0.3, 0.4) is 0 Å². The molecule has 7 nitrogen and oxygen atoms in total. The first-order valence-corrected chi connectivity index (χ1v) is 9.65. The first kappa shape index (κ1) is 19.9. The number of hydrogen-bond donors (Lipinski definition) is 1. The van der Waals surface area contributed by atoms with Crippen LogP contribution in [0.5, 0.6) is 0 Å². The lowest BCUT2D eigenvalue weighted by molar-refractivity contribution is -0.384. The molecular weight excluding hydrogens is 390 g/mol. The van der Waals surface area contributed by atoms with Crippen molar-refractivity contribution in [1.82, 2.24) is 9.97 Å². The largest absolute Gasteiger partial charge is 0.269 e. The average Bonchev–Trinajstić information content (AvgIpc) is 2.83. The SMILES string of the molecule is C/C(=N/Nc1cc(-c2ccccc2)nc(-c2ccccc2)n1)c1ccc([N+](=O)[O-])cc1. The molecule has 4 aromatic rings. The van der Waals surface area contributed by atoms with E-state index in [0.29, 0.717) is 17.4 Å². The van der Waals surface area contributed by atoms with Crippen molar-refractivity contribution >= 4 is 17.2 Å². The number of nitro benzene ring substituents is 1. The highest BCUT2D eigenvalue weighted by molar-refractivity contribution is 5.99. The summed E-state index contributed by atoms with van der Waals surface area (Å²) in [5, 5.41) is 15.3. The zero-order valence-corrected chi connectivity index (χ0v) is 16.8. The van der Waals surface area contributed by atoms with Gasteiger partial charge >= 0.3 is 0 Å². The third kappa shape index (κ3) is 4.79. The molecule has 0 atom stereocenters. The summed E-state index contributed by atoms with van der Waals surface area (Å²) >= 11 is 0. The van der Waals surface area contributed by atoms with Crippen LogP contribution in [0.25, 0.3) is 22.6 Å². The van der Waals surface area contributed by atoms with Gasteiger partial charge in [-0.3, -0.25) is 15.5 Å². The number of benzene rings is 3. The summed E-state index contributed by atoms with van der Waals surface area (Å²) in [6.07, 6.45) is 0. The van der Waals surface area contributed by atoms with Gasteiger partial charge in [0.25, 0.3) is 5.69 Å². The Bertz CT molecular complexity index is 1170. The number of hydrazone groups is 1. The number of nitrogens with one attached hydrogen (secondary N) is 1. The van der Waals surface area contributed by atoms with E-state index in [1.165, 1.54) is 12.1 Å². The lowest BCUT2D eigenvalue weighted by Crippen LogP contribution is -2.03. The second kappa shape index (κ2) is 8.96. The minimum absolute atomic E-state index is 0.0420. The topological polar surface area (TPSA) is 93.3 Å². The summed E-state index contributed by atoms with van der Waals surface area (Å²) < 4.78 is 0. The van der Waals surface area contributed by atoms with E-state index < -0.39 is 4.92 Å². The molecule has 4 rings (SSSR count). The van der Waals surface area contributed by atoms with E-state index in [2.05, 4.69) is 15.5 Å². The number of rotatable bonds is 6. The van der Waals surface area contributed by atoms with Gasteiger partial charge in [0.1, 0.15) is 0 Å². The molecule has 0 bridgehead atoms. The van der Waals surface area contributed by atoms with Gasteiger partial charge < -0.3 is 0 Å². The first-order chi connectivity index (χ1) is 15.1. The Morgan fingerprint density at radius 2 is 1.48 bits per heavy atom. The van der Waals surface area contributed by atoms with Crippen molar-refractivity contribution in [2.24, 2.45) is 5.10 Å². The molecule has 3 aromatic carbocycles. The minimum Gasteiger partial charge on any atom is -0.261 e. The molecule has 0 amide bonds. The molecule has 0 unspecified atom stereocenters. The fraction of sp³-hybridized carbons (Fsp3) is 0.0417. The Hall–Kier alpha value is -4.39. The predicted octanol–water partition coefficient (Wildman–Crippen LogP) is 5.55. The Labute approximate surface area is 179 Å². The molecule has 1 heterocycles. The third-order valence-corrected chi connectivity index (χ3v) is 4.66. The molecule has 0 aliphatic heterocycles. The van der Waals surface area contributed by atoms with Gasteiger partial charge in [-0.1, -0.05) is 60.7 Å². The number of nitrogens with zero attached hydrogens (tertiary/aromatic N) is 4. The zero-order valence-electron chi connectivity index (χ0n) is 16.8. The van der Waals surface area contributed by atoms with Crippen LogP contribution in [-0.2, 0) is 0 Å². The Morgan fingerprint density at radius 1 is 0.871 bits per heavy atom. The van der Waals surface area contributed by atoms with Gasteiger partial charge in [-0.25, -0.2) is 9.97 Å². The normalized spacial score (nSPS) is 11.2. The lowest BCUT2D eigenvalue weighted by Gasteiger charge is -2.09. The molecule has 0 radical (unpaired) electrons. The van der Waals surface area contributed by atoms with E-state index in [0.717, 1.165) is 22.4 Å². The molecule has 7 heteroatoms. The molecular formula is C24H19N5O2. The molecule has 0 aliphatic carbocycles. The number of aromatic nitrogens is 2. The van der Waals surface area contributed by atoms with E-state index in [9.17, 15) is 10.1 Å². The average molecular weight is 409 g/mol. The number of anilines is 1. The van der Waals surface area contributed by atoms with Gasteiger partial charge in [-0.2, -0.15) is 5.10 Å². The van der Waals surface area contributed by atoms with Crippen LogP contribution in [-0.4, -0.2) is 20.6 Å². The molecule has 0 aliphatic rings. The van der Waals surface area contributed by atoms with E-state index >= 15 is 0 Å². The van der Waals surface area contributed by atoms with E-state index in [1.807, 2.05) is 73.7 Å². The number of hydrogen-bond acceptors (Lipinski definition) is 6. The third-order valence-electron chi connectivity index (χ3n) is 4.66. The van der Waals surface area contributed by atoms with Crippen molar-refractivity contribution in [2.45, 2.75) is 6.92 Å². The smallest absolute Gasteiger partial charge is 0.261 e. The standard InChI is InChI=1S/C24H19N5O2/c1-17(18-12-14-21(15-13-18)29(30)31)27-28-23-16-22(19-8-4-2-5-9-19)25-24(26-23)20-10-6-3-7-11-20/h2-16H,1H3,(H,25,26,28)/b27-17-. The van der Waals surface area contributed by atoms with E-state index in [1.54, 1.807) is 12.1 Å². The molecule has 0 saturated carbocycles. The molecule has 31 heavy (non-hydrogen) atoms. The van der Waals surface area contributed by atoms with Crippen molar-refractivity contribution < 1.29 is 4.92 Å². The second-order valence-corrected chi connectivity index (χ2v) is 6.81. The van der Waals surface area contributed by atoms with Crippen molar-refractivity contribution in [3.05, 3.63) is 107 Å². The Kier molecular flexibility index (Phi) is 5.75. The molecule has 1 N–H and O–H groups in total. The van der Waals surface area contributed by atoms with Crippen LogP contribution in [0, 0.1) is 10.1 Å². The highest BCUT2D eigenvalue weighted by Gasteiger charge is 2.09. The van der Waals surface area contributed by atoms with E-state index in [-0.39, 0.29) is 5.69 Å². The molecule has 1 aromatic heterocycles. The van der Waals surface area contributed by atoms with Crippen LogP contribution in [0.4, 0.5) is 11.5 Å². The summed E-state index contributed by atoms with van der Waals surface area (Å²) in [7, 11) is 0. The van der Waals surface area contributed by atoms with Crippen molar-refractivity contribution in [1.29, 1.82) is 0 Å². The highest BCUT2D eigenvalue weighted by Crippen LogP contribution is 2.24. The summed E-state index contributed by atoms with van der Waals surface area (Å²) in [4.78, 5) is 19.7. The van der Waals surface area contributed by atoms with Gasteiger partial charge in [0.15, 0.2) is 11.6 Å². The molecule has 152 valence electrons. The van der Waals surface area contributed by atoms with E-state index in [4.69, 9.17) is 4.98 Å². The summed E-state index contributed by atoms with van der Waals surface area (Å²) in [6, 6.07) is 27.7. The first-order valence-electron chi connectivity index (χ1n) is 9.65. The van der Waals surface area contributed by atoms with Crippen LogP contribution in [0.15, 0.2) is 96.1 Å². The van der Waals surface area contributed by atoms with Crippen LogP contribution in [0.2, 0.25) is 0 Å².